The summed E-state index contributed by atoms with van der Waals surface area (Å²) < 4.78 is 19.1. The summed E-state index contributed by atoms with van der Waals surface area (Å²) in [6.45, 7) is 4.82. The highest BCUT2D eigenvalue weighted by molar-refractivity contribution is 6.07. The van der Waals surface area contributed by atoms with Crippen molar-refractivity contribution in [2.45, 2.75) is 24.9 Å². The van der Waals surface area contributed by atoms with Crippen molar-refractivity contribution >= 4 is 22.5 Å². The van der Waals surface area contributed by atoms with Crippen molar-refractivity contribution in [1.29, 1.82) is 0 Å². The fourth-order valence-electron chi connectivity index (χ4n) is 5.76. The summed E-state index contributed by atoms with van der Waals surface area (Å²) in [6.07, 6.45) is 5.92. The van der Waals surface area contributed by atoms with Crippen LogP contribution in [0.1, 0.15) is 35.0 Å². The monoisotopic (exact) mass is 522 g/mol. The number of hydrogen-bond acceptors (Lipinski definition) is 9. The van der Waals surface area contributed by atoms with Gasteiger partial charge in [-0.1, -0.05) is 0 Å². The Hall–Kier alpha value is -3.25. The molecule has 1 N–H and O–H groups in total. The molecule has 1 atom stereocenters. The van der Waals surface area contributed by atoms with Gasteiger partial charge in [-0.15, -0.1) is 0 Å². The van der Waals surface area contributed by atoms with E-state index in [4.69, 9.17) is 14.2 Å². The molecule has 2 aromatic heterocycles. The highest BCUT2D eigenvalue weighted by atomic mass is 16.7. The van der Waals surface area contributed by atoms with E-state index >= 15 is 0 Å². The molecule has 202 valence electrons. The number of hydrogen-bond donors (Lipinski definition) is 1. The van der Waals surface area contributed by atoms with Gasteiger partial charge in [-0.05, 0) is 18.2 Å². The minimum atomic E-state index is -0.744. The highest BCUT2D eigenvalue weighted by Gasteiger charge is 2.41. The molecule has 3 saturated heterocycles. The Labute approximate surface area is 221 Å². The normalized spacial score (nSPS) is 20.8. The van der Waals surface area contributed by atoms with E-state index in [0.717, 1.165) is 40.7 Å². The van der Waals surface area contributed by atoms with Crippen LogP contribution < -0.4 is 9.64 Å². The topological polar surface area (TPSA) is 105 Å². The predicted octanol–water partition coefficient (Wildman–Crippen LogP) is 1.77. The summed E-state index contributed by atoms with van der Waals surface area (Å²) in [7, 11) is 3.47. The number of rotatable bonds is 5. The summed E-state index contributed by atoms with van der Waals surface area (Å²) >= 11 is 0. The maximum absolute atomic E-state index is 13.9. The molecule has 1 spiro atoms. The first kappa shape index (κ1) is 25.1. The van der Waals surface area contributed by atoms with Crippen molar-refractivity contribution < 1.29 is 24.1 Å². The van der Waals surface area contributed by atoms with Crippen LogP contribution in [0.25, 0.3) is 10.9 Å². The number of piperazine rings is 1. The molecule has 11 nitrogen and oxygen atoms in total. The Morgan fingerprint density at radius 3 is 2.47 bits per heavy atom. The van der Waals surface area contributed by atoms with Crippen LogP contribution in [0.3, 0.4) is 0 Å². The highest BCUT2D eigenvalue weighted by Crippen LogP contribution is 2.38. The summed E-state index contributed by atoms with van der Waals surface area (Å²) in [5.41, 5.74) is 3.02. The second-order valence-corrected chi connectivity index (χ2v) is 10.1. The lowest BCUT2D eigenvalue weighted by Crippen LogP contribution is -2.50. The molecule has 3 aliphatic rings. The minimum absolute atomic E-state index is 0.0543. The number of aliphatic hydroxyl groups is 1. The second kappa shape index (κ2) is 10.1. The number of amides is 1. The third-order valence-electron chi connectivity index (χ3n) is 7.90. The quantitative estimate of drug-likeness (QED) is 0.537. The number of fused-ring (bicyclic) bond motifs is 1. The summed E-state index contributed by atoms with van der Waals surface area (Å²) in [4.78, 5) is 24.7. The van der Waals surface area contributed by atoms with Gasteiger partial charge in [-0.25, -0.2) is 0 Å². The summed E-state index contributed by atoms with van der Waals surface area (Å²) in [5.74, 6) is 0.160. The Morgan fingerprint density at radius 2 is 1.82 bits per heavy atom. The van der Waals surface area contributed by atoms with Crippen LogP contribution in [0, 0.1) is 0 Å². The van der Waals surface area contributed by atoms with Crippen molar-refractivity contribution in [3.05, 3.63) is 47.9 Å². The number of aromatic nitrogens is 3. The third-order valence-corrected chi connectivity index (χ3v) is 7.90. The number of ether oxygens (including phenoxy) is 3. The average molecular weight is 523 g/mol. The van der Waals surface area contributed by atoms with E-state index in [0.29, 0.717) is 58.0 Å². The number of nitrogens with zero attached hydrogens (tertiary/aromatic N) is 6. The fraction of sp³-hybridized carbons (Fsp3) is 0.519. The lowest BCUT2D eigenvalue weighted by molar-refractivity contribution is -0.169. The van der Waals surface area contributed by atoms with Crippen LogP contribution in [0.15, 0.2) is 36.8 Å². The maximum Gasteiger partial charge on any atom is 0.257 e. The first-order valence-corrected chi connectivity index (χ1v) is 13.2. The Balaban J connectivity index is 1.26. The lowest BCUT2D eigenvalue weighted by atomic mass is 9.99. The molecule has 0 radical (unpaired) electrons. The largest absolute Gasteiger partial charge is 0.497 e. The minimum Gasteiger partial charge on any atom is -0.497 e. The average Bonchev–Trinajstić information content (AvgIpc) is 3.61. The van der Waals surface area contributed by atoms with Gasteiger partial charge in [0.1, 0.15) is 12.0 Å². The molecule has 3 aromatic rings. The molecular formula is C27H34N6O5. The fourth-order valence-corrected chi connectivity index (χ4v) is 5.76. The summed E-state index contributed by atoms with van der Waals surface area (Å²) in [5, 5.41) is 15.8. The Kier molecular flexibility index (Phi) is 6.68. The lowest BCUT2D eigenvalue weighted by Gasteiger charge is -2.40. The summed E-state index contributed by atoms with van der Waals surface area (Å²) in [6, 6.07) is 5.78. The number of aliphatic hydroxyl groups excluding tert-OH is 1. The number of pyridine rings is 1. The SMILES string of the molecule is COc1ccc2ncc(C(=O)N3CCN(C(O)c4cnn(C)c4)CC3)c(N3CCC4(CC3)OCCO4)c2c1. The zero-order chi connectivity index (χ0) is 26.3. The standard InChI is InChI=1S/C27H34N6O5/c1-30-18-19(16-29-30)25(34)32-9-11-33(12-10-32)26(35)22-17-28-23-4-3-20(36-2)15-21(23)24(22)31-7-5-27(6-8-31)37-13-14-38-27/h3-4,15-18,25,34H,5-14H2,1-2H3. The van der Waals surface area contributed by atoms with E-state index in [1.807, 2.05) is 41.2 Å². The molecule has 38 heavy (non-hydrogen) atoms. The molecule has 3 fully saturated rings. The number of benzene rings is 1. The van der Waals surface area contributed by atoms with Crippen LogP contribution in [0.4, 0.5) is 5.69 Å². The van der Waals surface area contributed by atoms with Gasteiger partial charge in [0, 0.05) is 82.5 Å². The van der Waals surface area contributed by atoms with E-state index in [-0.39, 0.29) is 5.91 Å². The molecule has 1 unspecified atom stereocenters. The second-order valence-electron chi connectivity index (χ2n) is 10.1. The zero-order valence-corrected chi connectivity index (χ0v) is 21.9. The molecular weight excluding hydrogens is 488 g/mol. The molecule has 6 rings (SSSR count). The van der Waals surface area contributed by atoms with E-state index in [2.05, 4.69) is 15.0 Å². The number of carbonyl (C=O) groups excluding carboxylic acids is 1. The van der Waals surface area contributed by atoms with Crippen LogP contribution >= 0.6 is 0 Å². The van der Waals surface area contributed by atoms with Gasteiger partial charge in [0.25, 0.3) is 5.91 Å². The Bertz CT molecular complexity index is 1300. The molecule has 5 heterocycles. The number of piperidine rings is 1. The molecule has 1 aromatic carbocycles. The van der Waals surface area contributed by atoms with Gasteiger partial charge in [-0.2, -0.15) is 5.10 Å². The first-order valence-electron chi connectivity index (χ1n) is 13.2. The molecule has 0 aliphatic carbocycles. The number of carbonyl (C=O) groups is 1. The number of anilines is 1. The Morgan fingerprint density at radius 1 is 1.08 bits per heavy atom. The zero-order valence-electron chi connectivity index (χ0n) is 21.9. The van der Waals surface area contributed by atoms with Crippen LogP contribution in [-0.2, 0) is 16.5 Å². The predicted molar refractivity (Wildman–Crippen MR) is 140 cm³/mol. The van der Waals surface area contributed by atoms with Crippen LogP contribution in [0.2, 0.25) is 0 Å². The first-order chi connectivity index (χ1) is 18.5. The van der Waals surface area contributed by atoms with E-state index in [9.17, 15) is 9.90 Å². The van der Waals surface area contributed by atoms with Gasteiger partial charge in [0.15, 0.2) is 5.79 Å². The molecule has 0 saturated carbocycles. The molecule has 11 heteroatoms. The van der Waals surface area contributed by atoms with E-state index in [1.54, 1.807) is 24.2 Å². The van der Waals surface area contributed by atoms with Gasteiger partial charge in [0.2, 0.25) is 0 Å². The van der Waals surface area contributed by atoms with Crippen LogP contribution in [-0.4, -0.2) is 101 Å². The third kappa shape index (κ3) is 4.60. The van der Waals surface area contributed by atoms with Crippen molar-refractivity contribution in [2.75, 3.05) is 64.5 Å². The van der Waals surface area contributed by atoms with E-state index < -0.39 is 12.0 Å². The van der Waals surface area contributed by atoms with Gasteiger partial charge < -0.3 is 29.1 Å². The maximum atomic E-state index is 13.9. The smallest absolute Gasteiger partial charge is 0.257 e. The molecule has 0 bridgehead atoms. The van der Waals surface area contributed by atoms with Gasteiger partial charge >= 0.3 is 0 Å². The molecule has 3 aliphatic heterocycles. The van der Waals surface area contributed by atoms with Crippen LogP contribution in [0.5, 0.6) is 5.75 Å². The van der Waals surface area contributed by atoms with Crippen molar-refractivity contribution in [2.24, 2.45) is 7.05 Å². The number of methoxy groups -OCH3 is 1. The van der Waals surface area contributed by atoms with Crippen molar-refractivity contribution in [1.82, 2.24) is 24.6 Å². The van der Waals surface area contributed by atoms with Crippen molar-refractivity contribution in [3.8, 4) is 5.75 Å². The van der Waals surface area contributed by atoms with Gasteiger partial charge in [0.05, 0.1) is 43.3 Å². The van der Waals surface area contributed by atoms with Gasteiger partial charge in [-0.3, -0.25) is 19.4 Å². The number of aryl methyl sites for hydroxylation is 1. The van der Waals surface area contributed by atoms with Crippen molar-refractivity contribution in [3.63, 3.8) is 0 Å². The molecule has 1 amide bonds. The van der Waals surface area contributed by atoms with E-state index in [1.165, 1.54) is 0 Å².